The predicted octanol–water partition coefficient (Wildman–Crippen LogP) is -0.392. The monoisotopic (exact) mass is 164 g/mol. The standard InChI is InChI=1S/C4H11NO.C3H9NO/c1-3-4(2,5)6;1-3(5)4-2/h6H,3,5H2,1-2H3;3-5H,1-2H3. The van der Waals surface area contributed by atoms with Gasteiger partial charge in [0.15, 0.2) is 0 Å². The van der Waals surface area contributed by atoms with E-state index in [-0.39, 0.29) is 6.23 Å². The van der Waals surface area contributed by atoms with Crippen molar-refractivity contribution in [2.24, 2.45) is 5.73 Å². The van der Waals surface area contributed by atoms with Gasteiger partial charge in [-0.05, 0) is 27.3 Å². The lowest BCUT2D eigenvalue weighted by atomic mass is 10.2. The molecule has 70 valence electrons. The Balaban J connectivity index is 0. The predicted molar refractivity (Wildman–Crippen MR) is 45.8 cm³/mol. The summed E-state index contributed by atoms with van der Waals surface area (Å²) in [6, 6.07) is 0. The molecule has 0 saturated carbocycles. The van der Waals surface area contributed by atoms with Crippen LogP contribution in [0.3, 0.4) is 0 Å². The van der Waals surface area contributed by atoms with Crippen LogP contribution in [0.5, 0.6) is 0 Å². The van der Waals surface area contributed by atoms with Crippen LogP contribution in [0.25, 0.3) is 0 Å². The van der Waals surface area contributed by atoms with Crippen molar-refractivity contribution in [3.05, 3.63) is 0 Å². The van der Waals surface area contributed by atoms with Crippen LogP contribution in [0.2, 0.25) is 0 Å². The number of hydrogen-bond acceptors (Lipinski definition) is 4. The molecule has 0 radical (unpaired) electrons. The largest absolute Gasteiger partial charge is 0.379 e. The minimum atomic E-state index is -0.958. The smallest absolute Gasteiger partial charge is 0.110 e. The average molecular weight is 164 g/mol. The molecule has 11 heavy (non-hydrogen) atoms. The fraction of sp³-hybridized carbons (Fsp3) is 1.00. The van der Waals surface area contributed by atoms with Crippen LogP contribution >= 0.6 is 0 Å². The summed E-state index contributed by atoms with van der Waals surface area (Å²) in [5, 5.41) is 19.4. The maximum absolute atomic E-state index is 8.60. The Labute approximate surface area is 68.4 Å². The molecule has 0 spiro atoms. The third-order valence-electron chi connectivity index (χ3n) is 1.13. The first-order chi connectivity index (χ1) is 4.83. The summed E-state index contributed by atoms with van der Waals surface area (Å²) in [6.07, 6.45) is 0.238. The molecular weight excluding hydrogens is 144 g/mol. The van der Waals surface area contributed by atoms with E-state index in [0.717, 1.165) is 0 Å². The number of aliphatic hydroxyl groups is 2. The molecule has 0 fully saturated rings. The van der Waals surface area contributed by atoms with Gasteiger partial charge < -0.3 is 15.9 Å². The highest BCUT2D eigenvalue weighted by Gasteiger charge is 2.06. The van der Waals surface area contributed by atoms with Gasteiger partial charge in [-0.25, -0.2) is 0 Å². The Morgan fingerprint density at radius 3 is 1.82 bits per heavy atom. The SMILES string of the molecule is CCC(C)(N)O.CNC(C)O. The molecule has 2 atom stereocenters. The summed E-state index contributed by atoms with van der Waals surface area (Å²) in [5.41, 5.74) is 4.13. The van der Waals surface area contributed by atoms with Crippen LogP contribution in [0.15, 0.2) is 0 Å². The van der Waals surface area contributed by atoms with Crippen molar-refractivity contribution >= 4 is 0 Å². The van der Waals surface area contributed by atoms with Gasteiger partial charge in [-0.3, -0.25) is 5.32 Å². The normalized spacial score (nSPS) is 17.7. The number of hydrogen-bond donors (Lipinski definition) is 4. The van der Waals surface area contributed by atoms with E-state index in [2.05, 4.69) is 5.32 Å². The molecule has 0 aromatic heterocycles. The van der Waals surface area contributed by atoms with Crippen molar-refractivity contribution in [3.63, 3.8) is 0 Å². The van der Waals surface area contributed by atoms with Gasteiger partial charge in [-0.2, -0.15) is 0 Å². The van der Waals surface area contributed by atoms with Crippen LogP contribution in [0, 0.1) is 0 Å². The minimum Gasteiger partial charge on any atom is -0.379 e. The molecule has 0 aliphatic rings. The van der Waals surface area contributed by atoms with Crippen molar-refractivity contribution in [2.75, 3.05) is 7.05 Å². The Hall–Kier alpha value is -0.160. The summed E-state index contributed by atoms with van der Waals surface area (Å²) < 4.78 is 0. The average Bonchev–Trinajstić information content (AvgIpc) is 1.88. The molecule has 0 heterocycles. The van der Waals surface area contributed by atoms with Crippen molar-refractivity contribution < 1.29 is 10.2 Å². The first-order valence-electron chi connectivity index (χ1n) is 3.70. The second-order valence-corrected chi connectivity index (χ2v) is 2.68. The van der Waals surface area contributed by atoms with E-state index < -0.39 is 5.72 Å². The second kappa shape index (κ2) is 6.54. The zero-order valence-corrected chi connectivity index (χ0v) is 7.76. The molecule has 4 heteroatoms. The van der Waals surface area contributed by atoms with Gasteiger partial charge in [0.1, 0.15) is 12.0 Å². The first kappa shape index (κ1) is 13.4. The van der Waals surface area contributed by atoms with Crippen molar-refractivity contribution in [3.8, 4) is 0 Å². The summed E-state index contributed by atoms with van der Waals surface area (Å²) in [7, 11) is 1.70. The number of nitrogens with two attached hydrogens (primary N) is 1. The molecular formula is C7H20N2O2. The first-order valence-corrected chi connectivity index (χ1v) is 3.70. The summed E-state index contributed by atoms with van der Waals surface area (Å²) in [6.45, 7) is 5.08. The Bertz CT molecular complexity index is 79.0. The van der Waals surface area contributed by atoms with Gasteiger partial charge in [0.05, 0.1) is 0 Å². The van der Waals surface area contributed by atoms with E-state index in [9.17, 15) is 0 Å². The Kier molecular flexibility index (Phi) is 7.99. The van der Waals surface area contributed by atoms with E-state index in [1.807, 2.05) is 6.92 Å². The van der Waals surface area contributed by atoms with Crippen molar-refractivity contribution in [1.82, 2.24) is 5.32 Å². The van der Waals surface area contributed by atoms with E-state index >= 15 is 0 Å². The molecule has 2 unspecified atom stereocenters. The minimum absolute atomic E-state index is 0.366. The van der Waals surface area contributed by atoms with E-state index in [4.69, 9.17) is 15.9 Å². The second-order valence-electron chi connectivity index (χ2n) is 2.68. The topological polar surface area (TPSA) is 78.5 Å². The highest BCUT2D eigenvalue weighted by atomic mass is 16.3. The molecule has 0 aromatic rings. The maximum Gasteiger partial charge on any atom is 0.110 e. The number of nitrogens with one attached hydrogen (secondary N) is 1. The van der Waals surface area contributed by atoms with Crippen LogP contribution in [0.1, 0.15) is 27.2 Å². The van der Waals surface area contributed by atoms with E-state index in [1.165, 1.54) is 0 Å². The van der Waals surface area contributed by atoms with Crippen LogP contribution in [-0.4, -0.2) is 29.2 Å². The van der Waals surface area contributed by atoms with Gasteiger partial charge >= 0.3 is 0 Å². The van der Waals surface area contributed by atoms with Gasteiger partial charge in [-0.1, -0.05) is 6.92 Å². The summed E-state index contributed by atoms with van der Waals surface area (Å²) in [5.74, 6) is 0. The fourth-order valence-corrected chi connectivity index (χ4v) is 0. The maximum atomic E-state index is 8.60. The highest BCUT2D eigenvalue weighted by molar-refractivity contribution is 4.56. The van der Waals surface area contributed by atoms with E-state index in [1.54, 1.807) is 20.9 Å². The molecule has 0 rings (SSSR count). The van der Waals surface area contributed by atoms with Crippen molar-refractivity contribution in [1.29, 1.82) is 0 Å². The van der Waals surface area contributed by atoms with Crippen LogP contribution < -0.4 is 11.1 Å². The zero-order chi connectivity index (χ0) is 9.49. The molecule has 0 bridgehead atoms. The number of rotatable bonds is 2. The van der Waals surface area contributed by atoms with Gasteiger partial charge in [0.25, 0.3) is 0 Å². The lowest BCUT2D eigenvalue weighted by molar-refractivity contribution is 0.0632. The molecule has 5 N–H and O–H groups in total. The summed E-state index contributed by atoms with van der Waals surface area (Å²) >= 11 is 0. The lowest BCUT2D eigenvalue weighted by Crippen LogP contribution is -2.34. The molecule has 0 saturated heterocycles. The van der Waals surface area contributed by atoms with Gasteiger partial charge in [-0.15, -0.1) is 0 Å². The Morgan fingerprint density at radius 2 is 1.82 bits per heavy atom. The van der Waals surface area contributed by atoms with Gasteiger partial charge in [0, 0.05) is 0 Å². The van der Waals surface area contributed by atoms with Crippen molar-refractivity contribution in [2.45, 2.75) is 39.1 Å². The van der Waals surface area contributed by atoms with Gasteiger partial charge in [0.2, 0.25) is 0 Å². The fourth-order valence-electron chi connectivity index (χ4n) is 0. The Morgan fingerprint density at radius 1 is 1.64 bits per heavy atom. The third-order valence-corrected chi connectivity index (χ3v) is 1.13. The highest BCUT2D eigenvalue weighted by Crippen LogP contribution is 1.94. The lowest BCUT2D eigenvalue weighted by Gasteiger charge is -2.11. The van der Waals surface area contributed by atoms with E-state index in [0.29, 0.717) is 6.42 Å². The molecule has 0 aliphatic heterocycles. The molecule has 0 amide bonds. The molecule has 0 aromatic carbocycles. The zero-order valence-electron chi connectivity index (χ0n) is 7.76. The molecule has 4 nitrogen and oxygen atoms in total. The third kappa shape index (κ3) is 25.8. The van der Waals surface area contributed by atoms with Crippen LogP contribution in [0.4, 0.5) is 0 Å². The van der Waals surface area contributed by atoms with Crippen LogP contribution in [-0.2, 0) is 0 Å². The molecule has 0 aliphatic carbocycles. The quantitative estimate of drug-likeness (QED) is 0.419. The number of aliphatic hydroxyl groups excluding tert-OH is 1. The summed E-state index contributed by atoms with van der Waals surface area (Å²) in [4.78, 5) is 0.